The van der Waals surface area contributed by atoms with Crippen LogP contribution in [0.25, 0.3) is 0 Å². The zero-order valence-corrected chi connectivity index (χ0v) is 13.4. The predicted octanol–water partition coefficient (Wildman–Crippen LogP) is 0.880. The summed E-state index contributed by atoms with van der Waals surface area (Å²) in [6.07, 6.45) is 1.21. The topological polar surface area (TPSA) is 35.6 Å². The molecule has 0 aromatic heterocycles. The normalized spacial score (nSPS) is 32.0. The first kappa shape index (κ1) is 15.1. The van der Waals surface area contributed by atoms with Gasteiger partial charge in [0, 0.05) is 45.5 Å². The van der Waals surface area contributed by atoms with Crippen LogP contribution in [0.15, 0.2) is 0 Å². The van der Waals surface area contributed by atoms with Crippen molar-refractivity contribution >= 4 is 17.7 Å². The van der Waals surface area contributed by atoms with E-state index >= 15 is 0 Å². The summed E-state index contributed by atoms with van der Waals surface area (Å²) in [5, 5.41) is 3.36. The number of nitrogens with one attached hydrogen (secondary N) is 1. The summed E-state index contributed by atoms with van der Waals surface area (Å²) in [6.45, 7) is 7.47. The van der Waals surface area contributed by atoms with E-state index in [2.05, 4.69) is 24.1 Å². The number of carbonyl (C=O) groups is 1. The molecule has 0 aromatic rings. The molecule has 2 aliphatic rings. The summed E-state index contributed by atoms with van der Waals surface area (Å²) in [5.74, 6) is 2.64. The van der Waals surface area contributed by atoms with Crippen molar-refractivity contribution in [1.29, 1.82) is 0 Å². The van der Waals surface area contributed by atoms with E-state index in [1.807, 2.05) is 25.9 Å². The lowest BCUT2D eigenvalue weighted by atomic mass is 9.86. The van der Waals surface area contributed by atoms with Gasteiger partial charge in [-0.1, -0.05) is 13.8 Å². The van der Waals surface area contributed by atoms with Crippen molar-refractivity contribution in [1.82, 2.24) is 15.1 Å². The molecule has 1 amide bonds. The number of amides is 1. The molecule has 0 bridgehead atoms. The molecule has 0 radical (unpaired) electrons. The quantitative estimate of drug-likeness (QED) is 0.817. The van der Waals surface area contributed by atoms with Gasteiger partial charge in [0.2, 0.25) is 5.91 Å². The van der Waals surface area contributed by atoms with E-state index in [-0.39, 0.29) is 11.9 Å². The Morgan fingerprint density at radius 3 is 2.79 bits per heavy atom. The second-order valence-corrected chi connectivity index (χ2v) is 7.76. The molecule has 19 heavy (non-hydrogen) atoms. The van der Waals surface area contributed by atoms with Crippen molar-refractivity contribution in [3.05, 3.63) is 0 Å². The van der Waals surface area contributed by atoms with Crippen molar-refractivity contribution in [3.8, 4) is 0 Å². The molecule has 0 aromatic carbocycles. The molecule has 0 aliphatic carbocycles. The first-order valence-corrected chi connectivity index (χ1v) is 8.31. The minimum atomic E-state index is 0.0169. The molecular formula is C14H27N3OS. The number of likely N-dealkylation sites (N-methyl/N-ethyl adjacent to an activating group) is 1. The fraction of sp³-hybridized carbons (Fsp3) is 0.929. The van der Waals surface area contributed by atoms with Crippen LogP contribution in [0, 0.1) is 5.41 Å². The zero-order chi connectivity index (χ0) is 14.0. The molecule has 2 heterocycles. The van der Waals surface area contributed by atoms with E-state index in [4.69, 9.17) is 0 Å². The number of rotatable bonds is 2. The van der Waals surface area contributed by atoms with Gasteiger partial charge in [0.15, 0.2) is 0 Å². The molecule has 0 spiro atoms. The van der Waals surface area contributed by atoms with Crippen LogP contribution in [0.5, 0.6) is 0 Å². The fourth-order valence-electron chi connectivity index (χ4n) is 3.12. The zero-order valence-electron chi connectivity index (χ0n) is 12.6. The number of hydrogen-bond acceptors (Lipinski definition) is 4. The Morgan fingerprint density at radius 1 is 1.42 bits per heavy atom. The summed E-state index contributed by atoms with van der Waals surface area (Å²) < 4.78 is 0. The first-order chi connectivity index (χ1) is 8.91. The van der Waals surface area contributed by atoms with Gasteiger partial charge < -0.3 is 10.2 Å². The monoisotopic (exact) mass is 285 g/mol. The Morgan fingerprint density at radius 2 is 2.16 bits per heavy atom. The van der Waals surface area contributed by atoms with Crippen LogP contribution >= 0.6 is 11.8 Å². The second kappa shape index (κ2) is 6.02. The third kappa shape index (κ3) is 3.64. The smallest absolute Gasteiger partial charge is 0.240 e. The SMILES string of the molecule is CN(C)C(=O)C1CNCCN1C1CSCC(C)(C)C1. The van der Waals surface area contributed by atoms with Crippen LogP contribution in [0.3, 0.4) is 0 Å². The summed E-state index contributed by atoms with van der Waals surface area (Å²) in [7, 11) is 3.71. The Labute approximate surface area is 121 Å². The number of hydrogen-bond donors (Lipinski definition) is 1. The molecule has 2 rings (SSSR count). The lowest BCUT2D eigenvalue weighted by Gasteiger charge is -2.46. The summed E-state index contributed by atoms with van der Waals surface area (Å²) >= 11 is 2.04. The molecule has 2 fully saturated rings. The fourth-order valence-corrected chi connectivity index (χ4v) is 4.49. The standard InChI is InChI=1S/C14H27N3OS/c1-14(2)7-11(9-19-10-14)17-6-5-15-8-12(17)13(18)16(3)4/h11-12,15H,5-10H2,1-4H3. The van der Waals surface area contributed by atoms with E-state index < -0.39 is 0 Å². The van der Waals surface area contributed by atoms with Gasteiger partial charge in [0.05, 0.1) is 0 Å². The van der Waals surface area contributed by atoms with E-state index in [1.165, 1.54) is 17.9 Å². The molecule has 2 saturated heterocycles. The summed E-state index contributed by atoms with van der Waals surface area (Å²) in [5.41, 5.74) is 0.393. The van der Waals surface area contributed by atoms with Crippen LogP contribution in [-0.2, 0) is 4.79 Å². The van der Waals surface area contributed by atoms with Crippen LogP contribution in [0.2, 0.25) is 0 Å². The van der Waals surface area contributed by atoms with Crippen LogP contribution in [0.4, 0.5) is 0 Å². The van der Waals surface area contributed by atoms with Gasteiger partial charge in [-0.3, -0.25) is 9.69 Å². The Bertz CT molecular complexity index is 333. The van der Waals surface area contributed by atoms with E-state index in [0.29, 0.717) is 11.5 Å². The number of thioether (sulfide) groups is 1. The molecular weight excluding hydrogens is 258 g/mol. The van der Waals surface area contributed by atoms with Gasteiger partial charge in [0.25, 0.3) is 0 Å². The summed E-state index contributed by atoms with van der Waals surface area (Å²) in [6, 6.07) is 0.563. The summed E-state index contributed by atoms with van der Waals surface area (Å²) in [4.78, 5) is 16.5. The molecule has 110 valence electrons. The van der Waals surface area contributed by atoms with Crippen molar-refractivity contribution in [2.45, 2.75) is 32.4 Å². The van der Waals surface area contributed by atoms with Crippen molar-refractivity contribution < 1.29 is 4.79 Å². The molecule has 4 nitrogen and oxygen atoms in total. The predicted molar refractivity (Wildman–Crippen MR) is 81.6 cm³/mol. The number of piperazine rings is 1. The maximum atomic E-state index is 12.3. The number of nitrogens with zero attached hydrogens (tertiary/aromatic N) is 2. The number of carbonyl (C=O) groups excluding carboxylic acids is 1. The molecule has 2 atom stereocenters. The third-order valence-electron chi connectivity index (χ3n) is 4.07. The first-order valence-electron chi connectivity index (χ1n) is 7.16. The molecule has 0 saturated carbocycles. The molecule has 5 heteroatoms. The Kier molecular flexibility index (Phi) is 4.79. The van der Waals surface area contributed by atoms with Crippen molar-refractivity contribution in [2.24, 2.45) is 5.41 Å². The maximum Gasteiger partial charge on any atom is 0.240 e. The van der Waals surface area contributed by atoms with Crippen LogP contribution in [-0.4, -0.2) is 73.0 Å². The van der Waals surface area contributed by atoms with Gasteiger partial charge in [-0.2, -0.15) is 11.8 Å². The van der Waals surface area contributed by atoms with Gasteiger partial charge in [-0.15, -0.1) is 0 Å². The highest BCUT2D eigenvalue weighted by Crippen LogP contribution is 2.36. The van der Waals surface area contributed by atoms with Gasteiger partial charge in [-0.25, -0.2) is 0 Å². The third-order valence-corrected chi connectivity index (χ3v) is 5.68. The van der Waals surface area contributed by atoms with Gasteiger partial charge in [0.1, 0.15) is 6.04 Å². The van der Waals surface area contributed by atoms with E-state index in [9.17, 15) is 4.79 Å². The van der Waals surface area contributed by atoms with Crippen LogP contribution < -0.4 is 5.32 Å². The average molecular weight is 285 g/mol. The highest BCUT2D eigenvalue weighted by molar-refractivity contribution is 7.99. The lowest BCUT2D eigenvalue weighted by molar-refractivity contribution is -0.136. The van der Waals surface area contributed by atoms with E-state index in [0.717, 1.165) is 19.6 Å². The van der Waals surface area contributed by atoms with Gasteiger partial charge >= 0.3 is 0 Å². The highest BCUT2D eigenvalue weighted by atomic mass is 32.2. The maximum absolute atomic E-state index is 12.3. The second-order valence-electron chi connectivity index (χ2n) is 6.73. The van der Waals surface area contributed by atoms with E-state index in [1.54, 1.807) is 4.90 Å². The van der Waals surface area contributed by atoms with Crippen molar-refractivity contribution in [3.63, 3.8) is 0 Å². The Hall–Kier alpha value is -0.260. The molecule has 1 N–H and O–H groups in total. The molecule has 2 aliphatic heterocycles. The van der Waals surface area contributed by atoms with Gasteiger partial charge in [-0.05, 0) is 17.6 Å². The lowest BCUT2D eigenvalue weighted by Crippen LogP contribution is -2.62. The molecule has 2 unspecified atom stereocenters. The van der Waals surface area contributed by atoms with Crippen LogP contribution in [0.1, 0.15) is 20.3 Å². The minimum Gasteiger partial charge on any atom is -0.347 e. The average Bonchev–Trinajstić information content (AvgIpc) is 2.36. The Balaban J connectivity index is 2.08. The highest BCUT2D eigenvalue weighted by Gasteiger charge is 2.38. The van der Waals surface area contributed by atoms with Crippen molar-refractivity contribution in [2.75, 3.05) is 45.2 Å². The minimum absolute atomic E-state index is 0.0169. The largest absolute Gasteiger partial charge is 0.347 e.